The van der Waals surface area contributed by atoms with E-state index in [1.807, 2.05) is 12.1 Å². The van der Waals surface area contributed by atoms with Gasteiger partial charge in [-0.2, -0.15) is 0 Å². The molecule has 0 spiro atoms. The normalized spacial score (nSPS) is 11.4. The number of halogens is 1. The van der Waals surface area contributed by atoms with Crippen LogP contribution < -0.4 is 10.5 Å². The van der Waals surface area contributed by atoms with Crippen LogP contribution in [0.5, 0.6) is 5.75 Å². The van der Waals surface area contributed by atoms with Crippen LogP contribution in [0.1, 0.15) is 13.3 Å². The molecule has 1 aromatic carbocycles. The average molecular weight is 322 g/mol. The Bertz CT molecular complexity index is 453. The Morgan fingerprint density at radius 1 is 1.41 bits per heavy atom. The maximum absolute atomic E-state index is 11.3. The minimum Gasteiger partial charge on any atom is -0.490 e. The summed E-state index contributed by atoms with van der Waals surface area (Å²) in [5.41, 5.74) is 6.28. The van der Waals surface area contributed by atoms with Crippen molar-refractivity contribution in [2.45, 2.75) is 13.3 Å². The molecule has 0 saturated heterocycles. The highest BCUT2D eigenvalue weighted by molar-refractivity contribution is 9.10. The Morgan fingerprint density at radius 2 is 2.12 bits per heavy atom. The van der Waals surface area contributed by atoms with Crippen LogP contribution in [0.15, 0.2) is 22.7 Å². The largest absolute Gasteiger partial charge is 0.490 e. The molecule has 0 atom stereocenters. The van der Waals surface area contributed by atoms with E-state index in [4.69, 9.17) is 10.5 Å². The number of nitrogen functional groups attached to an aromatic ring is 1. The third-order valence-electron chi connectivity index (χ3n) is 2.28. The van der Waals surface area contributed by atoms with Gasteiger partial charge in [0.15, 0.2) is 5.75 Å². The van der Waals surface area contributed by atoms with Crippen LogP contribution in [0.25, 0.3) is 0 Å². The second-order valence-electron chi connectivity index (χ2n) is 3.60. The lowest BCUT2D eigenvalue weighted by atomic mass is 10.3. The number of benzene rings is 1. The molecule has 96 valence electrons. The van der Waals surface area contributed by atoms with Gasteiger partial charge in [0.25, 0.3) is 0 Å². The highest BCUT2D eigenvalue weighted by Gasteiger charge is 2.08. The Balaban J connectivity index is 2.47. The van der Waals surface area contributed by atoms with Gasteiger partial charge in [0.05, 0.1) is 22.5 Å². The van der Waals surface area contributed by atoms with Gasteiger partial charge in [0.2, 0.25) is 0 Å². The first-order chi connectivity index (χ1) is 7.96. The zero-order valence-corrected chi connectivity index (χ0v) is 12.1. The van der Waals surface area contributed by atoms with E-state index in [0.29, 0.717) is 24.5 Å². The molecule has 0 aliphatic rings. The van der Waals surface area contributed by atoms with Crippen LogP contribution >= 0.6 is 15.9 Å². The molecule has 0 aliphatic carbocycles. The van der Waals surface area contributed by atoms with E-state index in [2.05, 4.69) is 15.9 Å². The molecular formula is C11H16BrNO3S. The SMILES string of the molecule is CCS(=O)(=O)CCCOc1c(N)cccc1Br. The van der Waals surface area contributed by atoms with Gasteiger partial charge in [0.1, 0.15) is 9.84 Å². The fourth-order valence-corrected chi connectivity index (χ4v) is 2.62. The van der Waals surface area contributed by atoms with Crippen LogP contribution in [0, 0.1) is 0 Å². The Labute approximate surface area is 110 Å². The number of ether oxygens (including phenoxy) is 1. The van der Waals surface area contributed by atoms with Crippen molar-refractivity contribution < 1.29 is 13.2 Å². The summed E-state index contributed by atoms with van der Waals surface area (Å²) in [6.45, 7) is 1.98. The van der Waals surface area contributed by atoms with Crippen LogP contribution in [-0.2, 0) is 9.84 Å². The molecule has 0 amide bonds. The van der Waals surface area contributed by atoms with Gasteiger partial charge in [-0.1, -0.05) is 13.0 Å². The summed E-state index contributed by atoms with van der Waals surface area (Å²) >= 11 is 3.33. The van der Waals surface area contributed by atoms with E-state index in [-0.39, 0.29) is 11.5 Å². The maximum atomic E-state index is 11.3. The minimum atomic E-state index is -2.92. The van der Waals surface area contributed by atoms with Crippen LogP contribution in [0.4, 0.5) is 5.69 Å². The summed E-state index contributed by atoms with van der Waals surface area (Å²) in [4.78, 5) is 0. The molecule has 0 aliphatic heterocycles. The molecule has 1 rings (SSSR count). The van der Waals surface area contributed by atoms with E-state index in [9.17, 15) is 8.42 Å². The fourth-order valence-electron chi connectivity index (χ4n) is 1.28. The summed E-state index contributed by atoms with van der Waals surface area (Å²) in [7, 11) is -2.92. The van der Waals surface area contributed by atoms with Crippen molar-refractivity contribution >= 4 is 31.5 Å². The predicted octanol–water partition coefficient (Wildman–Crippen LogP) is 2.23. The molecule has 0 unspecified atom stereocenters. The number of anilines is 1. The van der Waals surface area contributed by atoms with E-state index >= 15 is 0 Å². The van der Waals surface area contributed by atoms with Crippen molar-refractivity contribution in [2.24, 2.45) is 0 Å². The number of hydrogen-bond acceptors (Lipinski definition) is 4. The first-order valence-electron chi connectivity index (χ1n) is 5.33. The highest BCUT2D eigenvalue weighted by atomic mass is 79.9. The molecule has 0 radical (unpaired) electrons. The summed E-state index contributed by atoms with van der Waals surface area (Å²) in [6.07, 6.45) is 0.469. The molecule has 2 N–H and O–H groups in total. The molecule has 4 nitrogen and oxygen atoms in total. The standard InChI is InChI=1S/C11H16BrNO3S/c1-2-17(14,15)8-4-7-16-11-9(12)5-3-6-10(11)13/h3,5-6H,2,4,7-8,13H2,1H3. The van der Waals surface area contributed by atoms with Crippen LogP contribution in [-0.4, -0.2) is 26.5 Å². The van der Waals surface area contributed by atoms with Crippen molar-refractivity contribution in [1.82, 2.24) is 0 Å². The highest BCUT2D eigenvalue weighted by Crippen LogP contribution is 2.30. The number of rotatable bonds is 6. The molecule has 0 heterocycles. The lowest BCUT2D eigenvalue weighted by Crippen LogP contribution is -2.12. The summed E-state index contributed by atoms with van der Waals surface area (Å²) in [6, 6.07) is 5.38. The zero-order valence-electron chi connectivity index (χ0n) is 9.65. The third kappa shape index (κ3) is 4.55. The number of sulfone groups is 1. The van der Waals surface area contributed by atoms with Gasteiger partial charge in [-0.25, -0.2) is 8.42 Å². The maximum Gasteiger partial charge on any atom is 0.156 e. The second-order valence-corrected chi connectivity index (χ2v) is 6.92. The van der Waals surface area contributed by atoms with Crippen molar-refractivity contribution in [1.29, 1.82) is 0 Å². The lowest BCUT2D eigenvalue weighted by Gasteiger charge is -2.10. The van der Waals surface area contributed by atoms with Crippen molar-refractivity contribution in [3.63, 3.8) is 0 Å². The van der Waals surface area contributed by atoms with Gasteiger partial charge in [-0.3, -0.25) is 0 Å². The van der Waals surface area contributed by atoms with Crippen LogP contribution in [0.2, 0.25) is 0 Å². The lowest BCUT2D eigenvalue weighted by molar-refractivity contribution is 0.317. The summed E-state index contributed by atoms with van der Waals surface area (Å²) in [5, 5.41) is 0. The Hall–Kier alpha value is -0.750. The summed E-state index contributed by atoms with van der Waals surface area (Å²) < 4.78 is 28.8. The fraction of sp³-hybridized carbons (Fsp3) is 0.455. The smallest absolute Gasteiger partial charge is 0.156 e. The van der Waals surface area contributed by atoms with Crippen LogP contribution in [0.3, 0.4) is 0 Å². The van der Waals surface area contributed by atoms with Crippen molar-refractivity contribution in [2.75, 3.05) is 23.8 Å². The third-order valence-corrected chi connectivity index (χ3v) is 4.70. The zero-order chi connectivity index (χ0) is 12.9. The van der Waals surface area contributed by atoms with Gasteiger partial charge in [-0.05, 0) is 34.5 Å². The quantitative estimate of drug-likeness (QED) is 0.644. The Morgan fingerprint density at radius 3 is 2.71 bits per heavy atom. The van der Waals surface area contributed by atoms with Gasteiger partial charge in [0, 0.05) is 5.75 Å². The average Bonchev–Trinajstić information content (AvgIpc) is 2.27. The number of nitrogens with two attached hydrogens (primary N) is 1. The molecule has 17 heavy (non-hydrogen) atoms. The first-order valence-corrected chi connectivity index (χ1v) is 7.95. The molecule has 0 saturated carbocycles. The minimum absolute atomic E-state index is 0.147. The first kappa shape index (κ1) is 14.3. The number of para-hydroxylation sites is 1. The molecular weight excluding hydrogens is 306 g/mol. The molecule has 0 aromatic heterocycles. The van der Waals surface area contributed by atoms with Crippen molar-refractivity contribution in [3.05, 3.63) is 22.7 Å². The number of hydrogen-bond donors (Lipinski definition) is 1. The van der Waals surface area contributed by atoms with Gasteiger partial charge in [-0.15, -0.1) is 0 Å². The van der Waals surface area contributed by atoms with Gasteiger partial charge >= 0.3 is 0 Å². The van der Waals surface area contributed by atoms with E-state index < -0.39 is 9.84 Å². The Kier molecular flexibility index (Phi) is 5.27. The second kappa shape index (κ2) is 6.26. The predicted molar refractivity (Wildman–Crippen MR) is 73.0 cm³/mol. The molecule has 0 fully saturated rings. The van der Waals surface area contributed by atoms with E-state index in [1.165, 1.54) is 0 Å². The molecule has 6 heteroatoms. The monoisotopic (exact) mass is 321 g/mol. The summed E-state index contributed by atoms with van der Waals surface area (Å²) in [5.74, 6) is 0.888. The van der Waals surface area contributed by atoms with E-state index in [0.717, 1.165) is 4.47 Å². The van der Waals surface area contributed by atoms with Gasteiger partial charge < -0.3 is 10.5 Å². The van der Waals surface area contributed by atoms with Crippen molar-refractivity contribution in [3.8, 4) is 5.75 Å². The topological polar surface area (TPSA) is 69.4 Å². The molecule has 0 bridgehead atoms. The van der Waals surface area contributed by atoms with E-state index in [1.54, 1.807) is 13.0 Å². The molecule has 1 aromatic rings.